The van der Waals surface area contributed by atoms with Crippen LogP contribution in [0.5, 0.6) is 5.75 Å². The minimum Gasteiger partial charge on any atom is -0.488 e. The predicted molar refractivity (Wildman–Crippen MR) is 80.2 cm³/mol. The summed E-state index contributed by atoms with van der Waals surface area (Å²) in [6.45, 7) is 0.526. The van der Waals surface area contributed by atoms with Gasteiger partial charge in [0.1, 0.15) is 25.0 Å². The van der Waals surface area contributed by atoms with Crippen LogP contribution in [0.2, 0.25) is 0 Å². The molecule has 0 radical (unpaired) electrons. The summed E-state index contributed by atoms with van der Waals surface area (Å²) in [5, 5.41) is 11.6. The van der Waals surface area contributed by atoms with Crippen LogP contribution < -0.4 is 4.74 Å². The van der Waals surface area contributed by atoms with Gasteiger partial charge in [-0.3, -0.25) is 0 Å². The third-order valence-electron chi connectivity index (χ3n) is 2.89. The number of ether oxygens (including phenoxy) is 1. The van der Waals surface area contributed by atoms with Crippen LogP contribution in [0.3, 0.4) is 0 Å². The zero-order valence-electron chi connectivity index (χ0n) is 11.3. The Morgan fingerprint density at radius 2 is 1.67 bits per heavy atom. The molecule has 0 unspecified atom stereocenters. The number of nitrogens with zero attached hydrogens (tertiary/aromatic N) is 4. The molecule has 3 aromatic rings. The van der Waals surface area contributed by atoms with E-state index in [9.17, 15) is 0 Å². The lowest BCUT2D eigenvalue weighted by Gasteiger charge is -2.08. The Balaban J connectivity index is 1.73. The molecular formula is C16H14N4O. The van der Waals surface area contributed by atoms with E-state index in [0.717, 1.165) is 16.9 Å². The summed E-state index contributed by atoms with van der Waals surface area (Å²) >= 11 is 0. The highest BCUT2D eigenvalue weighted by molar-refractivity contribution is 5.83. The van der Waals surface area contributed by atoms with E-state index in [1.54, 1.807) is 6.21 Å². The monoisotopic (exact) mass is 278 g/mol. The fourth-order valence-corrected chi connectivity index (χ4v) is 1.84. The van der Waals surface area contributed by atoms with Gasteiger partial charge >= 0.3 is 0 Å². The highest BCUT2D eigenvalue weighted by atomic mass is 16.5. The molecule has 0 saturated heterocycles. The summed E-state index contributed by atoms with van der Waals surface area (Å²) in [6, 6.07) is 17.8. The van der Waals surface area contributed by atoms with Crippen molar-refractivity contribution in [1.29, 1.82) is 0 Å². The Morgan fingerprint density at radius 1 is 0.952 bits per heavy atom. The molecule has 3 rings (SSSR count). The van der Waals surface area contributed by atoms with Gasteiger partial charge in [0.05, 0.1) is 6.21 Å². The summed E-state index contributed by atoms with van der Waals surface area (Å²) in [6.07, 6.45) is 4.79. The predicted octanol–water partition coefficient (Wildman–Crippen LogP) is 2.74. The number of para-hydroxylation sites is 1. The smallest absolute Gasteiger partial charge is 0.141 e. The van der Waals surface area contributed by atoms with E-state index in [0.29, 0.717) is 6.61 Å². The number of hydrogen-bond donors (Lipinski definition) is 0. The van der Waals surface area contributed by atoms with Crippen LogP contribution in [-0.2, 0) is 6.61 Å². The minimum atomic E-state index is 0.526. The Hall–Kier alpha value is -2.95. The Morgan fingerprint density at radius 3 is 2.48 bits per heavy atom. The molecular weight excluding hydrogens is 264 g/mol. The van der Waals surface area contributed by atoms with Gasteiger partial charge < -0.3 is 4.74 Å². The highest BCUT2D eigenvalue weighted by Crippen LogP contribution is 2.17. The van der Waals surface area contributed by atoms with Crippen molar-refractivity contribution in [1.82, 2.24) is 14.9 Å². The molecule has 0 aliphatic rings. The van der Waals surface area contributed by atoms with Gasteiger partial charge in [0.25, 0.3) is 0 Å². The third kappa shape index (κ3) is 3.54. The fourth-order valence-electron chi connectivity index (χ4n) is 1.84. The zero-order chi connectivity index (χ0) is 14.3. The van der Waals surface area contributed by atoms with E-state index >= 15 is 0 Å². The van der Waals surface area contributed by atoms with E-state index in [-0.39, 0.29) is 0 Å². The summed E-state index contributed by atoms with van der Waals surface area (Å²) in [5.74, 6) is 0.790. The second-order valence-corrected chi connectivity index (χ2v) is 4.40. The number of rotatable bonds is 5. The van der Waals surface area contributed by atoms with Gasteiger partial charge in [-0.05, 0) is 17.7 Å². The largest absolute Gasteiger partial charge is 0.488 e. The number of benzene rings is 2. The molecule has 0 saturated carbocycles. The van der Waals surface area contributed by atoms with Crippen molar-refractivity contribution >= 4 is 6.21 Å². The van der Waals surface area contributed by atoms with E-state index in [1.807, 2.05) is 54.6 Å². The van der Waals surface area contributed by atoms with Crippen molar-refractivity contribution in [3.63, 3.8) is 0 Å². The molecule has 104 valence electrons. The maximum Gasteiger partial charge on any atom is 0.141 e. The minimum absolute atomic E-state index is 0.526. The molecule has 0 amide bonds. The van der Waals surface area contributed by atoms with Crippen LogP contribution in [0.4, 0.5) is 0 Å². The first-order chi connectivity index (χ1) is 10.4. The summed E-state index contributed by atoms with van der Waals surface area (Å²) in [7, 11) is 0. The molecule has 1 heterocycles. The van der Waals surface area contributed by atoms with Crippen molar-refractivity contribution in [3.05, 3.63) is 78.4 Å². The molecule has 0 atom stereocenters. The quantitative estimate of drug-likeness (QED) is 0.674. The molecule has 0 aliphatic heterocycles. The first-order valence-electron chi connectivity index (χ1n) is 6.56. The van der Waals surface area contributed by atoms with E-state index in [2.05, 4.69) is 15.3 Å². The average Bonchev–Trinajstić information content (AvgIpc) is 3.06. The van der Waals surface area contributed by atoms with E-state index < -0.39 is 0 Å². The summed E-state index contributed by atoms with van der Waals surface area (Å²) in [5.41, 5.74) is 2.03. The van der Waals surface area contributed by atoms with Crippen LogP contribution in [-0.4, -0.2) is 21.1 Å². The average molecular weight is 278 g/mol. The van der Waals surface area contributed by atoms with E-state index in [4.69, 9.17) is 4.74 Å². The molecule has 0 N–H and O–H groups in total. The topological polar surface area (TPSA) is 52.3 Å². The fraction of sp³-hybridized carbons (Fsp3) is 0.0625. The van der Waals surface area contributed by atoms with Crippen LogP contribution in [0, 0.1) is 0 Å². The third-order valence-corrected chi connectivity index (χ3v) is 2.89. The number of hydrogen-bond acceptors (Lipinski definition) is 4. The standard InChI is InChI=1S/C16H14N4O/c1-2-6-14(7-3-1)11-21-16-9-5-4-8-15(16)10-19-20-12-17-18-13-20/h1-10,12-13H,11H2. The normalized spacial score (nSPS) is 10.9. The highest BCUT2D eigenvalue weighted by Gasteiger charge is 2.01. The van der Waals surface area contributed by atoms with Crippen molar-refractivity contribution < 1.29 is 4.74 Å². The van der Waals surface area contributed by atoms with Crippen molar-refractivity contribution in [2.75, 3.05) is 0 Å². The Kier molecular flexibility index (Phi) is 4.02. The summed E-state index contributed by atoms with van der Waals surface area (Å²) in [4.78, 5) is 0. The van der Waals surface area contributed by atoms with Gasteiger partial charge in [-0.25, -0.2) is 4.68 Å². The Bertz CT molecular complexity index is 708. The van der Waals surface area contributed by atoms with Crippen LogP contribution in [0.25, 0.3) is 0 Å². The molecule has 0 spiro atoms. The first-order valence-corrected chi connectivity index (χ1v) is 6.56. The van der Waals surface area contributed by atoms with Gasteiger partial charge in [0.2, 0.25) is 0 Å². The van der Waals surface area contributed by atoms with Gasteiger partial charge in [0, 0.05) is 5.56 Å². The van der Waals surface area contributed by atoms with Gasteiger partial charge in [0.15, 0.2) is 0 Å². The Labute approximate surface area is 122 Å². The molecule has 0 bridgehead atoms. The first kappa shape index (κ1) is 13.1. The maximum absolute atomic E-state index is 5.86. The van der Waals surface area contributed by atoms with Crippen molar-refractivity contribution in [2.45, 2.75) is 6.61 Å². The van der Waals surface area contributed by atoms with Crippen molar-refractivity contribution in [3.8, 4) is 5.75 Å². The molecule has 0 fully saturated rings. The lowest BCUT2D eigenvalue weighted by molar-refractivity contribution is 0.306. The zero-order valence-corrected chi connectivity index (χ0v) is 11.3. The number of aromatic nitrogens is 3. The summed E-state index contributed by atoms with van der Waals surface area (Å²) < 4.78 is 7.40. The van der Waals surface area contributed by atoms with E-state index in [1.165, 1.54) is 17.3 Å². The van der Waals surface area contributed by atoms with Crippen molar-refractivity contribution in [2.24, 2.45) is 5.10 Å². The maximum atomic E-state index is 5.86. The second-order valence-electron chi connectivity index (χ2n) is 4.40. The molecule has 5 nitrogen and oxygen atoms in total. The van der Waals surface area contributed by atoms with Gasteiger partial charge in [-0.2, -0.15) is 5.10 Å². The molecule has 1 aromatic heterocycles. The second kappa shape index (κ2) is 6.47. The van der Waals surface area contributed by atoms with Gasteiger partial charge in [-0.1, -0.05) is 42.5 Å². The molecule has 5 heteroatoms. The van der Waals surface area contributed by atoms with Crippen LogP contribution in [0.15, 0.2) is 72.4 Å². The molecule has 21 heavy (non-hydrogen) atoms. The lowest BCUT2D eigenvalue weighted by atomic mass is 10.2. The lowest BCUT2D eigenvalue weighted by Crippen LogP contribution is -1.98. The molecule has 2 aromatic carbocycles. The van der Waals surface area contributed by atoms with Gasteiger partial charge in [-0.15, -0.1) is 10.2 Å². The molecule has 0 aliphatic carbocycles. The van der Waals surface area contributed by atoms with Crippen LogP contribution in [0.1, 0.15) is 11.1 Å². The SMILES string of the molecule is C(=Nn1cnnc1)c1ccccc1OCc1ccccc1. The van der Waals surface area contributed by atoms with Crippen LogP contribution >= 0.6 is 0 Å².